The number of nitrogens with zero attached hydrogens (tertiary/aromatic N) is 5. The number of amides is 1. The van der Waals surface area contributed by atoms with Gasteiger partial charge >= 0.3 is 0 Å². The lowest BCUT2D eigenvalue weighted by molar-refractivity contribution is -0.144. The highest BCUT2D eigenvalue weighted by molar-refractivity contribution is 5.79. The standard InChI is InChI=1S/C18H25N7O2/c1-12-9-14(23-17(19)22-12)24-7-4-18(5-8-24)16-13(20-11-21-16)3-6-25(18)15(26)10-27-2/h9,11H,3-8,10H2,1-2H3,(H,20,21)(H2,19,22,23). The van der Waals surface area contributed by atoms with Crippen molar-refractivity contribution in [2.75, 3.05) is 44.0 Å². The minimum atomic E-state index is -0.396. The van der Waals surface area contributed by atoms with E-state index in [0.29, 0.717) is 6.54 Å². The molecular weight excluding hydrogens is 346 g/mol. The van der Waals surface area contributed by atoms with Gasteiger partial charge in [-0.05, 0) is 19.8 Å². The zero-order chi connectivity index (χ0) is 19.0. The lowest BCUT2D eigenvalue weighted by atomic mass is 9.78. The van der Waals surface area contributed by atoms with Gasteiger partial charge in [-0.2, -0.15) is 4.98 Å². The van der Waals surface area contributed by atoms with Crippen LogP contribution in [0.2, 0.25) is 0 Å². The number of H-pyrrole nitrogens is 1. The van der Waals surface area contributed by atoms with Gasteiger partial charge in [0, 0.05) is 50.6 Å². The van der Waals surface area contributed by atoms with Crippen LogP contribution in [0.4, 0.5) is 11.8 Å². The van der Waals surface area contributed by atoms with Crippen molar-refractivity contribution in [3.05, 3.63) is 29.5 Å². The van der Waals surface area contributed by atoms with Crippen LogP contribution >= 0.6 is 0 Å². The Bertz CT molecular complexity index is 822. The van der Waals surface area contributed by atoms with Crippen molar-refractivity contribution in [1.82, 2.24) is 24.8 Å². The quantitative estimate of drug-likeness (QED) is 0.813. The summed E-state index contributed by atoms with van der Waals surface area (Å²) in [5.41, 5.74) is 8.40. The van der Waals surface area contributed by atoms with Gasteiger partial charge in [-0.3, -0.25) is 4.79 Å². The van der Waals surface area contributed by atoms with Gasteiger partial charge in [0.25, 0.3) is 0 Å². The number of imidazole rings is 1. The van der Waals surface area contributed by atoms with E-state index in [-0.39, 0.29) is 18.5 Å². The predicted octanol–water partition coefficient (Wildman–Crippen LogP) is 0.617. The number of hydrogen-bond acceptors (Lipinski definition) is 7. The summed E-state index contributed by atoms with van der Waals surface area (Å²) >= 11 is 0. The van der Waals surface area contributed by atoms with E-state index in [9.17, 15) is 4.79 Å². The number of aryl methyl sites for hydroxylation is 1. The summed E-state index contributed by atoms with van der Waals surface area (Å²) in [6.07, 6.45) is 4.09. The third-order valence-electron chi connectivity index (χ3n) is 5.60. The molecule has 1 spiro atoms. The molecule has 27 heavy (non-hydrogen) atoms. The third-order valence-corrected chi connectivity index (χ3v) is 5.60. The summed E-state index contributed by atoms with van der Waals surface area (Å²) in [6, 6.07) is 1.95. The number of piperidine rings is 1. The molecule has 0 aliphatic carbocycles. The van der Waals surface area contributed by atoms with E-state index in [1.807, 2.05) is 17.9 Å². The molecule has 0 unspecified atom stereocenters. The first-order valence-corrected chi connectivity index (χ1v) is 9.22. The normalized spacial score (nSPS) is 18.6. The number of nitrogen functional groups attached to an aromatic ring is 1. The Morgan fingerprint density at radius 1 is 1.33 bits per heavy atom. The molecule has 0 bridgehead atoms. The lowest BCUT2D eigenvalue weighted by Crippen LogP contribution is -2.59. The Morgan fingerprint density at radius 2 is 2.11 bits per heavy atom. The number of fused-ring (bicyclic) bond motifs is 2. The third kappa shape index (κ3) is 3.01. The van der Waals surface area contributed by atoms with Crippen molar-refractivity contribution in [3.63, 3.8) is 0 Å². The van der Waals surface area contributed by atoms with Crippen LogP contribution in [0.15, 0.2) is 12.4 Å². The van der Waals surface area contributed by atoms with Crippen molar-refractivity contribution < 1.29 is 9.53 Å². The second-order valence-corrected chi connectivity index (χ2v) is 7.20. The summed E-state index contributed by atoms with van der Waals surface area (Å²) < 4.78 is 5.12. The van der Waals surface area contributed by atoms with E-state index < -0.39 is 5.54 Å². The highest BCUT2D eigenvalue weighted by atomic mass is 16.5. The molecule has 4 heterocycles. The molecule has 9 heteroatoms. The highest BCUT2D eigenvalue weighted by Gasteiger charge is 2.48. The summed E-state index contributed by atoms with van der Waals surface area (Å²) in [4.78, 5) is 33.3. The Hall–Kier alpha value is -2.68. The SMILES string of the molecule is COCC(=O)N1CCc2[nH]cnc2C12CCN(c1cc(C)nc(N)n1)CC2. The fourth-order valence-electron chi connectivity index (χ4n) is 4.39. The van der Waals surface area contributed by atoms with E-state index in [2.05, 4.69) is 24.8 Å². The number of carbonyl (C=O) groups excluding carboxylic acids is 1. The minimum absolute atomic E-state index is 0.0155. The fraction of sp³-hybridized carbons (Fsp3) is 0.556. The molecule has 2 aromatic rings. The van der Waals surface area contributed by atoms with Crippen molar-refractivity contribution in [1.29, 1.82) is 0 Å². The first kappa shape index (κ1) is 17.7. The van der Waals surface area contributed by atoms with Crippen LogP contribution in [-0.4, -0.2) is 64.1 Å². The number of anilines is 2. The summed E-state index contributed by atoms with van der Waals surface area (Å²) in [5.74, 6) is 1.14. The fourth-order valence-corrected chi connectivity index (χ4v) is 4.39. The molecule has 144 valence electrons. The van der Waals surface area contributed by atoms with Crippen LogP contribution in [0.1, 0.15) is 29.9 Å². The molecule has 0 aromatic carbocycles. The van der Waals surface area contributed by atoms with Crippen molar-refractivity contribution in [2.24, 2.45) is 0 Å². The van der Waals surface area contributed by atoms with Gasteiger partial charge in [0.2, 0.25) is 11.9 Å². The lowest BCUT2D eigenvalue weighted by Gasteiger charge is -2.50. The zero-order valence-electron chi connectivity index (χ0n) is 15.7. The van der Waals surface area contributed by atoms with Crippen molar-refractivity contribution in [2.45, 2.75) is 31.7 Å². The second-order valence-electron chi connectivity index (χ2n) is 7.20. The van der Waals surface area contributed by atoms with Gasteiger partial charge in [-0.1, -0.05) is 0 Å². The van der Waals surface area contributed by atoms with Crippen LogP contribution in [0.25, 0.3) is 0 Å². The number of nitrogens with two attached hydrogens (primary N) is 1. The molecule has 2 aliphatic heterocycles. The molecule has 2 aromatic heterocycles. The number of ether oxygens (including phenoxy) is 1. The minimum Gasteiger partial charge on any atom is -0.375 e. The molecule has 9 nitrogen and oxygen atoms in total. The van der Waals surface area contributed by atoms with Gasteiger partial charge in [0.05, 0.1) is 17.6 Å². The first-order chi connectivity index (χ1) is 13.0. The Labute approximate surface area is 157 Å². The second kappa shape index (κ2) is 6.80. The topological polar surface area (TPSA) is 113 Å². The Balaban J connectivity index is 1.62. The van der Waals surface area contributed by atoms with Crippen molar-refractivity contribution in [3.8, 4) is 0 Å². The van der Waals surface area contributed by atoms with Crippen LogP contribution < -0.4 is 10.6 Å². The maximum atomic E-state index is 12.8. The number of rotatable bonds is 3. The van der Waals surface area contributed by atoms with E-state index >= 15 is 0 Å². The van der Waals surface area contributed by atoms with E-state index in [0.717, 1.165) is 55.3 Å². The smallest absolute Gasteiger partial charge is 0.249 e. The van der Waals surface area contributed by atoms with Gasteiger partial charge in [-0.25, -0.2) is 9.97 Å². The van der Waals surface area contributed by atoms with Gasteiger partial charge < -0.3 is 25.3 Å². The van der Waals surface area contributed by atoms with E-state index in [1.165, 1.54) is 0 Å². The van der Waals surface area contributed by atoms with Gasteiger partial charge in [0.1, 0.15) is 12.4 Å². The molecule has 1 fully saturated rings. The molecule has 1 amide bonds. The summed E-state index contributed by atoms with van der Waals surface area (Å²) in [7, 11) is 1.55. The van der Waals surface area contributed by atoms with Crippen molar-refractivity contribution >= 4 is 17.7 Å². The Morgan fingerprint density at radius 3 is 2.81 bits per heavy atom. The van der Waals surface area contributed by atoms with E-state index in [4.69, 9.17) is 10.5 Å². The predicted molar refractivity (Wildman–Crippen MR) is 100 cm³/mol. The first-order valence-electron chi connectivity index (χ1n) is 9.22. The molecule has 0 saturated carbocycles. The maximum absolute atomic E-state index is 12.8. The van der Waals surface area contributed by atoms with Crippen LogP contribution in [-0.2, 0) is 21.5 Å². The average Bonchev–Trinajstić information content (AvgIpc) is 3.12. The van der Waals surface area contributed by atoms with Crippen LogP contribution in [0.5, 0.6) is 0 Å². The largest absolute Gasteiger partial charge is 0.375 e. The number of aromatic nitrogens is 4. The van der Waals surface area contributed by atoms with Gasteiger partial charge in [-0.15, -0.1) is 0 Å². The molecule has 4 rings (SSSR count). The Kier molecular flexibility index (Phi) is 4.47. The number of methoxy groups -OCH3 is 1. The molecule has 1 saturated heterocycles. The average molecular weight is 371 g/mol. The number of hydrogen-bond donors (Lipinski definition) is 2. The van der Waals surface area contributed by atoms with Crippen LogP contribution in [0, 0.1) is 6.92 Å². The van der Waals surface area contributed by atoms with E-state index in [1.54, 1.807) is 13.4 Å². The molecule has 2 aliphatic rings. The molecule has 0 atom stereocenters. The highest BCUT2D eigenvalue weighted by Crippen LogP contribution is 2.42. The van der Waals surface area contributed by atoms with Crippen LogP contribution in [0.3, 0.4) is 0 Å². The number of nitrogens with one attached hydrogen (secondary N) is 1. The maximum Gasteiger partial charge on any atom is 0.249 e. The molecular formula is C18H25N7O2. The number of carbonyl (C=O) groups is 1. The monoisotopic (exact) mass is 371 g/mol. The summed E-state index contributed by atoms with van der Waals surface area (Å²) in [6.45, 7) is 4.21. The van der Waals surface area contributed by atoms with Gasteiger partial charge in [0.15, 0.2) is 0 Å². The summed E-state index contributed by atoms with van der Waals surface area (Å²) in [5, 5.41) is 0. The zero-order valence-corrected chi connectivity index (χ0v) is 15.7. The number of aromatic amines is 1. The molecule has 0 radical (unpaired) electrons. The molecule has 3 N–H and O–H groups in total.